The van der Waals surface area contributed by atoms with E-state index in [-0.39, 0.29) is 5.82 Å². The predicted octanol–water partition coefficient (Wildman–Crippen LogP) is 1.87. The van der Waals surface area contributed by atoms with Gasteiger partial charge in [0.05, 0.1) is 0 Å². The van der Waals surface area contributed by atoms with Gasteiger partial charge in [0.15, 0.2) is 0 Å². The first-order valence-electron chi connectivity index (χ1n) is 6.53. The molecule has 18 heavy (non-hydrogen) atoms. The molecule has 0 radical (unpaired) electrons. The lowest BCUT2D eigenvalue weighted by Crippen LogP contribution is -2.33. The molecule has 1 aliphatic rings. The first-order valence-corrected chi connectivity index (χ1v) is 6.53. The van der Waals surface area contributed by atoms with Crippen molar-refractivity contribution in [2.24, 2.45) is 0 Å². The zero-order valence-corrected chi connectivity index (χ0v) is 11.2. The van der Waals surface area contributed by atoms with E-state index in [2.05, 4.69) is 29.2 Å². The van der Waals surface area contributed by atoms with E-state index < -0.39 is 0 Å². The zero-order valence-electron chi connectivity index (χ0n) is 11.2. The predicted molar refractivity (Wildman–Crippen MR) is 73.4 cm³/mol. The zero-order chi connectivity index (χ0) is 13.0. The van der Waals surface area contributed by atoms with E-state index >= 15 is 0 Å². The van der Waals surface area contributed by atoms with Crippen molar-refractivity contribution < 1.29 is 4.39 Å². The molecule has 1 N–H and O–H groups in total. The molecule has 0 aliphatic carbocycles. The van der Waals surface area contributed by atoms with Crippen molar-refractivity contribution in [2.75, 3.05) is 45.6 Å². The molecule has 1 unspecified atom stereocenters. The molecule has 2 rings (SSSR count). The van der Waals surface area contributed by atoms with Gasteiger partial charge in [0.25, 0.3) is 0 Å². The lowest BCUT2D eigenvalue weighted by molar-refractivity contribution is 0.273. The molecule has 1 heterocycles. The number of likely N-dealkylation sites (N-methyl/N-ethyl adjacent to an activating group) is 1. The summed E-state index contributed by atoms with van der Waals surface area (Å²) in [5.74, 6) is -0.186. The number of likely N-dealkylation sites (tertiary alicyclic amines) is 1. The Bertz CT molecular complexity index is 381. The third-order valence-corrected chi connectivity index (χ3v) is 3.56. The van der Waals surface area contributed by atoms with Gasteiger partial charge in [-0.2, -0.15) is 0 Å². The van der Waals surface area contributed by atoms with Crippen LogP contribution in [0.5, 0.6) is 0 Å². The molecule has 1 aliphatic heterocycles. The van der Waals surface area contributed by atoms with Crippen molar-refractivity contribution in [2.45, 2.75) is 12.5 Å². The van der Waals surface area contributed by atoms with E-state index in [4.69, 9.17) is 0 Å². The molecule has 1 aromatic rings. The van der Waals surface area contributed by atoms with Crippen LogP contribution in [0.4, 0.5) is 10.1 Å². The monoisotopic (exact) mass is 251 g/mol. The van der Waals surface area contributed by atoms with E-state index in [1.807, 2.05) is 6.07 Å². The Balaban J connectivity index is 1.70. The number of rotatable bonds is 5. The fourth-order valence-corrected chi connectivity index (χ4v) is 2.39. The van der Waals surface area contributed by atoms with Crippen LogP contribution in [0.15, 0.2) is 24.3 Å². The number of hydrogen-bond donors (Lipinski definition) is 1. The Morgan fingerprint density at radius 3 is 2.94 bits per heavy atom. The molecule has 1 fully saturated rings. The Hall–Kier alpha value is -1.13. The molecule has 4 heteroatoms. The van der Waals surface area contributed by atoms with Gasteiger partial charge in [-0.25, -0.2) is 4.39 Å². The van der Waals surface area contributed by atoms with Crippen LogP contribution >= 0.6 is 0 Å². The van der Waals surface area contributed by atoms with Crippen molar-refractivity contribution in [3.05, 3.63) is 30.1 Å². The van der Waals surface area contributed by atoms with Crippen LogP contribution in [-0.2, 0) is 0 Å². The second kappa shape index (κ2) is 6.16. The molecule has 0 spiro atoms. The van der Waals surface area contributed by atoms with E-state index in [0.717, 1.165) is 31.9 Å². The highest BCUT2D eigenvalue weighted by Crippen LogP contribution is 2.13. The highest BCUT2D eigenvalue weighted by Gasteiger charge is 2.22. The van der Waals surface area contributed by atoms with E-state index in [1.54, 1.807) is 6.07 Å². The molecule has 1 atom stereocenters. The van der Waals surface area contributed by atoms with Crippen molar-refractivity contribution in [3.8, 4) is 0 Å². The lowest BCUT2D eigenvalue weighted by Gasteiger charge is -2.20. The van der Waals surface area contributed by atoms with Gasteiger partial charge in [-0.1, -0.05) is 6.07 Å². The average molecular weight is 251 g/mol. The standard InChI is InChI=1S/C14H22FN3/c1-17(2)14-6-8-18(11-14)9-7-16-13-5-3-4-12(15)10-13/h3-5,10,14,16H,6-9,11H2,1-2H3. The Labute approximate surface area is 109 Å². The van der Waals surface area contributed by atoms with Gasteiger partial charge in [0, 0.05) is 31.4 Å². The average Bonchev–Trinajstić information content (AvgIpc) is 2.78. The first-order chi connectivity index (χ1) is 8.65. The fourth-order valence-electron chi connectivity index (χ4n) is 2.39. The Morgan fingerprint density at radius 1 is 1.44 bits per heavy atom. The lowest BCUT2D eigenvalue weighted by atomic mass is 10.2. The quantitative estimate of drug-likeness (QED) is 0.862. The smallest absolute Gasteiger partial charge is 0.125 e. The highest BCUT2D eigenvalue weighted by atomic mass is 19.1. The van der Waals surface area contributed by atoms with Crippen LogP contribution in [0, 0.1) is 5.82 Å². The van der Waals surface area contributed by atoms with E-state index in [0.29, 0.717) is 6.04 Å². The number of halogens is 1. The summed E-state index contributed by atoms with van der Waals surface area (Å²) in [5.41, 5.74) is 0.860. The Morgan fingerprint density at radius 2 is 2.28 bits per heavy atom. The number of nitrogens with zero attached hydrogens (tertiary/aromatic N) is 2. The van der Waals surface area contributed by atoms with Crippen molar-refractivity contribution in [1.82, 2.24) is 9.80 Å². The maximum atomic E-state index is 13.0. The second-order valence-electron chi connectivity index (χ2n) is 5.14. The molecule has 0 amide bonds. The summed E-state index contributed by atoms with van der Waals surface area (Å²) < 4.78 is 13.0. The summed E-state index contributed by atoms with van der Waals surface area (Å²) in [6.07, 6.45) is 1.24. The molecule has 1 aromatic carbocycles. The van der Waals surface area contributed by atoms with Crippen LogP contribution in [0.25, 0.3) is 0 Å². The highest BCUT2D eigenvalue weighted by molar-refractivity contribution is 5.42. The molecule has 0 aromatic heterocycles. The number of hydrogen-bond acceptors (Lipinski definition) is 3. The van der Waals surface area contributed by atoms with Gasteiger partial charge in [-0.15, -0.1) is 0 Å². The molecular formula is C14H22FN3. The normalized spacial score (nSPS) is 20.6. The molecule has 0 saturated carbocycles. The largest absolute Gasteiger partial charge is 0.384 e. The van der Waals surface area contributed by atoms with Crippen molar-refractivity contribution in [3.63, 3.8) is 0 Å². The number of nitrogens with one attached hydrogen (secondary N) is 1. The summed E-state index contributed by atoms with van der Waals surface area (Å²) in [6, 6.07) is 7.31. The van der Waals surface area contributed by atoms with E-state index in [1.165, 1.54) is 18.6 Å². The van der Waals surface area contributed by atoms with Crippen LogP contribution < -0.4 is 5.32 Å². The third-order valence-electron chi connectivity index (χ3n) is 3.56. The van der Waals surface area contributed by atoms with Crippen LogP contribution in [0.2, 0.25) is 0 Å². The molecule has 1 saturated heterocycles. The third kappa shape index (κ3) is 3.68. The number of anilines is 1. The maximum Gasteiger partial charge on any atom is 0.125 e. The van der Waals surface area contributed by atoms with Crippen molar-refractivity contribution in [1.29, 1.82) is 0 Å². The minimum Gasteiger partial charge on any atom is -0.384 e. The summed E-state index contributed by atoms with van der Waals surface area (Å²) in [5, 5.41) is 3.26. The molecular weight excluding hydrogens is 229 g/mol. The van der Waals surface area contributed by atoms with Crippen LogP contribution in [-0.4, -0.2) is 56.1 Å². The van der Waals surface area contributed by atoms with Gasteiger partial charge >= 0.3 is 0 Å². The van der Waals surface area contributed by atoms with Gasteiger partial charge in [-0.3, -0.25) is 4.90 Å². The van der Waals surface area contributed by atoms with Gasteiger partial charge in [-0.05, 0) is 45.3 Å². The molecule has 3 nitrogen and oxygen atoms in total. The molecule has 0 bridgehead atoms. The summed E-state index contributed by atoms with van der Waals surface area (Å²) in [4.78, 5) is 4.75. The summed E-state index contributed by atoms with van der Waals surface area (Å²) in [6.45, 7) is 4.18. The van der Waals surface area contributed by atoms with Gasteiger partial charge in [0.2, 0.25) is 0 Å². The Kier molecular flexibility index (Phi) is 4.55. The minimum absolute atomic E-state index is 0.186. The molecule has 100 valence electrons. The van der Waals surface area contributed by atoms with Gasteiger partial charge in [0.1, 0.15) is 5.82 Å². The summed E-state index contributed by atoms with van der Waals surface area (Å²) >= 11 is 0. The van der Waals surface area contributed by atoms with Gasteiger partial charge < -0.3 is 10.2 Å². The second-order valence-corrected chi connectivity index (χ2v) is 5.14. The number of benzene rings is 1. The van der Waals surface area contributed by atoms with Crippen LogP contribution in [0.1, 0.15) is 6.42 Å². The topological polar surface area (TPSA) is 18.5 Å². The summed E-state index contributed by atoms with van der Waals surface area (Å²) in [7, 11) is 4.28. The van der Waals surface area contributed by atoms with E-state index in [9.17, 15) is 4.39 Å². The van der Waals surface area contributed by atoms with Crippen molar-refractivity contribution >= 4 is 5.69 Å². The SMILES string of the molecule is CN(C)C1CCN(CCNc2cccc(F)c2)C1. The van der Waals surface area contributed by atoms with Crippen LogP contribution in [0.3, 0.4) is 0 Å². The fraction of sp³-hybridized carbons (Fsp3) is 0.571. The minimum atomic E-state index is -0.186. The maximum absolute atomic E-state index is 13.0. The first kappa shape index (κ1) is 13.3.